The summed E-state index contributed by atoms with van der Waals surface area (Å²) >= 11 is 0. The van der Waals surface area contributed by atoms with Gasteiger partial charge in [0.25, 0.3) is 0 Å². The second-order valence-corrected chi connectivity index (χ2v) is 2.58. The van der Waals surface area contributed by atoms with E-state index in [-0.39, 0.29) is 0 Å². The van der Waals surface area contributed by atoms with Gasteiger partial charge in [0.2, 0.25) is 0 Å². The van der Waals surface area contributed by atoms with E-state index in [2.05, 4.69) is 5.73 Å². The average Bonchev–Trinajstić information content (AvgIpc) is 2.82. The summed E-state index contributed by atoms with van der Waals surface area (Å²) < 4.78 is 15.1. The van der Waals surface area contributed by atoms with E-state index in [0.29, 0.717) is 12.2 Å². The monoisotopic (exact) mass is 172 g/mol. The third-order valence-electron chi connectivity index (χ3n) is 1.41. The molecule has 5 nitrogen and oxygen atoms in total. The first-order valence-corrected chi connectivity index (χ1v) is 3.77. The zero-order valence-electron chi connectivity index (χ0n) is 6.73. The van der Waals surface area contributed by atoms with Crippen molar-refractivity contribution in [1.29, 1.82) is 5.26 Å². The molecule has 2 aliphatic rings. The van der Waals surface area contributed by atoms with Crippen LogP contribution in [0.2, 0.25) is 0 Å². The van der Waals surface area contributed by atoms with Crippen molar-refractivity contribution in [2.75, 3.05) is 26.4 Å². The maximum atomic E-state index is 7.10. The summed E-state index contributed by atoms with van der Waals surface area (Å²) in [6, 6.07) is 0. The van der Waals surface area contributed by atoms with Crippen molar-refractivity contribution < 1.29 is 14.2 Å². The van der Waals surface area contributed by atoms with Gasteiger partial charge >= 0.3 is 0 Å². The molecule has 0 aromatic heterocycles. The number of rotatable bonds is 4. The second-order valence-electron chi connectivity index (χ2n) is 2.58. The SMILES string of the molecule is C(OCC1CO1)C1CO1.N#CN. The van der Waals surface area contributed by atoms with Crippen LogP contribution in [0.1, 0.15) is 0 Å². The van der Waals surface area contributed by atoms with Gasteiger partial charge in [-0.1, -0.05) is 0 Å². The summed E-state index contributed by atoms with van der Waals surface area (Å²) in [7, 11) is 0. The van der Waals surface area contributed by atoms with E-state index < -0.39 is 0 Å². The Balaban J connectivity index is 0.000000213. The minimum absolute atomic E-state index is 0.392. The number of ether oxygens (including phenoxy) is 3. The van der Waals surface area contributed by atoms with Crippen LogP contribution in [0.3, 0.4) is 0 Å². The van der Waals surface area contributed by atoms with Crippen LogP contribution >= 0.6 is 0 Å². The van der Waals surface area contributed by atoms with Crippen molar-refractivity contribution >= 4 is 0 Å². The fraction of sp³-hybridized carbons (Fsp3) is 0.857. The van der Waals surface area contributed by atoms with E-state index in [9.17, 15) is 0 Å². The van der Waals surface area contributed by atoms with Gasteiger partial charge in [0.1, 0.15) is 12.2 Å². The maximum Gasteiger partial charge on any atom is 0.173 e. The Morgan fingerprint density at radius 2 is 1.67 bits per heavy atom. The lowest BCUT2D eigenvalue weighted by atomic mass is 10.5. The van der Waals surface area contributed by atoms with Crippen molar-refractivity contribution in [3.05, 3.63) is 0 Å². The molecular weight excluding hydrogens is 160 g/mol. The van der Waals surface area contributed by atoms with Crippen LogP contribution in [-0.2, 0) is 14.2 Å². The van der Waals surface area contributed by atoms with E-state index in [4.69, 9.17) is 19.5 Å². The first-order chi connectivity index (χ1) is 5.86. The fourth-order valence-electron chi connectivity index (χ4n) is 0.659. The first kappa shape index (κ1) is 9.26. The smallest absolute Gasteiger partial charge is 0.173 e. The number of nitriles is 1. The molecule has 0 aromatic rings. The zero-order chi connectivity index (χ0) is 8.81. The Kier molecular flexibility index (Phi) is 3.80. The number of nitrogens with zero attached hydrogens (tertiary/aromatic N) is 1. The topological polar surface area (TPSA) is 84.1 Å². The standard InChI is InChI=1S/C6H10O3.CH2N2/c1(5-3-8-5)7-2-6-4-9-6;2-1-3/h5-6H,1-4H2;2H2. The van der Waals surface area contributed by atoms with Crippen LogP contribution in [0.15, 0.2) is 0 Å². The fourth-order valence-corrected chi connectivity index (χ4v) is 0.659. The van der Waals surface area contributed by atoms with E-state index in [0.717, 1.165) is 26.4 Å². The summed E-state index contributed by atoms with van der Waals surface area (Å²) in [6.07, 6.45) is 2.03. The largest absolute Gasteiger partial charge is 0.376 e. The second kappa shape index (κ2) is 4.93. The molecule has 2 rings (SSSR count). The van der Waals surface area contributed by atoms with Crippen LogP contribution in [0.25, 0.3) is 0 Å². The molecule has 2 aliphatic heterocycles. The molecule has 68 valence electrons. The van der Waals surface area contributed by atoms with Crippen LogP contribution in [0.5, 0.6) is 0 Å². The molecule has 2 unspecified atom stereocenters. The van der Waals surface area contributed by atoms with Crippen molar-refractivity contribution in [2.45, 2.75) is 12.2 Å². The van der Waals surface area contributed by atoms with Crippen LogP contribution in [0.4, 0.5) is 0 Å². The highest BCUT2D eigenvalue weighted by atomic mass is 16.6. The molecule has 0 bridgehead atoms. The van der Waals surface area contributed by atoms with Gasteiger partial charge in [0.15, 0.2) is 6.19 Å². The summed E-state index contributed by atoms with van der Waals surface area (Å²) in [5.41, 5.74) is 4.15. The average molecular weight is 172 g/mol. The summed E-state index contributed by atoms with van der Waals surface area (Å²) in [4.78, 5) is 0. The summed E-state index contributed by atoms with van der Waals surface area (Å²) in [5.74, 6) is 0. The highest BCUT2D eigenvalue weighted by Gasteiger charge is 2.26. The van der Waals surface area contributed by atoms with E-state index >= 15 is 0 Å². The van der Waals surface area contributed by atoms with Gasteiger partial charge in [-0.15, -0.1) is 0 Å². The molecule has 0 saturated carbocycles. The van der Waals surface area contributed by atoms with Gasteiger partial charge in [-0.05, 0) is 0 Å². The third kappa shape index (κ3) is 4.91. The van der Waals surface area contributed by atoms with Gasteiger partial charge in [0, 0.05) is 0 Å². The zero-order valence-corrected chi connectivity index (χ0v) is 6.73. The number of nitrogens with two attached hydrogens (primary N) is 1. The minimum Gasteiger partial charge on any atom is -0.376 e. The summed E-state index contributed by atoms with van der Waals surface area (Å²) in [6.45, 7) is 3.26. The Morgan fingerprint density at radius 1 is 1.33 bits per heavy atom. The molecule has 5 heteroatoms. The molecule has 2 saturated heterocycles. The maximum absolute atomic E-state index is 7.10. The van der Waals surface area contributed by atoms with Gasteiger partial charge in [-0.25, -0.2) is 0 Å². The summed E-state index contributed by atoms with van der Waals surface area (Å²) in [5, 5.41) is 7.10. The first-order valence-electron chi connectivity index (χ1n) is 3.77. The predicted molar refractivity (Wildman–Crippen MR) is 40.1 cm³/mol. The Bertz CT molecular complexity index is 149. The molecule has 0 radical (unpaired) electrons. The molecule has 12 heavy (non-hydrogen) atoms. The molecule has 2 atom stereocenters. The van der Waals surface area contributed by atoms with Crippen molar-refractivity contribution in [3.8, 4) is 6.19 Å². The lowest BCUT2D eigenvalue weighted by Crippen LogP contribution is -2.06. The molecule has 2 N–H and O–H groups in total. The van der Waals surface area contributed by atoms with Crippen molar-refractivity contribution in [3.63, 3.8) is 0 Å². The molecular formula is C7H12N2O3. The van der Waals surface area contributed by atoms with Gasteiger partial charge in [-0.2, -0.15) is 5.26 Å². The Labute approximate surface area is 71.0 Å². The third-order valence-corrected chi connectivity index (χ3v) is 1.41. The van der Waals surface area contributed by atoms with Crippen LogP contribution in [-0.4, -0.2) is 38.6 Å². The van der Waals surface area contributed by atoms with Crippen LogP contribution in [0, 0.1) is 11.5 Å². The molecule has 2 fully saturated rings. The van der Waals surface area contributed by atoms with E-state index in [1.54, 1.807) is 0 Å². The van der Waals surface area contributed by atoms with Gasteiger partial charge < -0.3 is 19.9 Å². The lowest BCUT2D eigenvalue weighted by Gasteiger charge is -1.95. The van der Waals surface area contributed by atoms with Crippen molar-refractivity contribution in [1.82, 2.24) is 0 Å². The van der Waals surface area contributed by atoms with Crippen molar-refractivity contribution in [2.24, 2.45) is 5.73 Å². The van der Waals surface area contributed by atoms with Crippen LogP contribution < -0.4 is 5.73 Å². The molecule has 0 aliphatic carbocycles. The minimum atomic E-state index is 0.392. The normalized spacial score (nSPS) is 29.6. The number of hydrogen-bond acceptors (Lipinski definition) is 5. The Hall–Kier alpha value is -0.830. The molecule has 0 amide bonds. The van der Waals surface area contributed by atoms with Gasteiger partial charge in [-0.3, -0.25) is 0 Å². The van der Waals surface area contributed by atoms with E-state index in [1.807, 2.05) is 0 Å². The molecule has 2 heterocycles. The molecule has 0 aromatic carbocycles. The van der Waals surface area contributed by atoms with E-state index in [1.165, 1.54) is 6.19 Å². The molecule has 0 spiro atoms. The number of epoxide rings is 2. The predicted octanol–water partition coefficient (Wildman–Crippen LogP) is -0.773. The highest BCUT2D eigenvalue weighted by Crippen LogP contribution is 2.12. The highest BCUT2D eigenvalue weighted by molar-refractivity contribution is 4.71. The Morgan fingerprint density at radius 3 is 1.92 bits per heavy atom. The van der Waals surface area contributed by atoms with Gasteiger partial charge in [0.05, 0.1) is 26.4 Å². The quantitative estimate of drug-likeness (QED) is 0.342. The number of hydrogen-bond donors (Lipinski definition) is 1. The lowest BCUT2D eigenvalue weighted by molar-refractivity contribution is 0.102.